The van der Waals surface area contributed by atoms with Crippen LogP contribution in [0.4, 0.5) is 0 Å². The van der Waals surface area contributed by atoms with E-state index in [0.29, 0.717) is 23.9 Å². The second-order valence-corrected chi connectivity index (χ2v) is 21.4. The van der Waals surface area contributed by atoms with Gasteiger partial charge in [0.15, 0.2) is 0 Å². The Balaban J connectivity index is 4.08. The molecule has 0 aliphatic carbocycles. The molecule has 0 aromatic rings. The van der Waals surface area contributed by atoms with Crippen molar-refractivity contribution in [3.63, 3.8) is 0 Å². The molecule has 0 radical (unpaired) electrons. The predicted molar refractivity (Wildman–Crippen MR) is 270 cm³/mol. The summed E-state index contributed by atoms with van der Waals surface area (Å²) in [6.45, 7) is 4.67. The second kappa shape index (κ2) is 46.1. The van der Waals surface area contributed by atoms with Gasteiger partial charge in [0, 0.05) is 6.42 Å². The summed E-state index contributed by atoms with van der Waals surface area (Å²) >= 11 is 0. The van der Waals surface area contributed by atoms with Crippen LogP contribution in [-0.2, 0) is 18.4 Å². The molecule has 0 aliphatic rings. The van der Waals surface area contributed by atoms with Crippen LogP contribution in [0.3, 0.4) is 0 Å². The molecule has 0 saturated heterocycles. The van der Waals surface area contributed by atoms with Crippen molar-refractivity contribution in [3.05, 3.63) is 24.3 Å². The molecule has 0 heterocycles. The van der Waals surface area contributed by atoms with Crippen molar-refractivity contribution >= 4 is 13.7 Å². The van der Waals surface area contributed by atoms with Gasteiger partial charge in [-0.25, -0.2) is 0 Å². The van der Waals surface area contributed by atoms with Crippen LogP contribution < -0.4 is 10.2 Å². The first-order valence-corrected chi connectivity index (χ1v) is 28.6. The van der Waals surface area contributed by atoms with Crippen molar-refractivity contribution < 1.29 is 32.9 Å². The number of aliphatic hydroxyl groups is 1. The van der Waals surface area contributed by atoms with Crippen LogP contribution in [0.2, 0.25) is 0 Å². The van der Waals surface area contributed by atoms with Crippen LogP contribution in [0.1, 0.15) is 264 Å². The van der Waals surface area contributed by atoms with E-state index in [9.17, 15) is 19.4 Å². The minimum Gasteiger partial charge on any atom is -0.756 e. The number of nitrogens with one attached hydrogen (secondary N) is 1. The number of amides is 1. The van der Waals surface area contributed by atoms with Crippen LogP contribution in [0.5, 0.6) is 0 Å². The third-order valence-corrected chi connectivity index (χ3v) is 13.4. The summed E-state index contributed by atoms with van der Waals surface area (Å²) in [6.07, 6.45) is 56.4. The van der Waals surface area contributed by atoms with Crippen molar-refractivity contribution in [3.8, 4) is 0 Å². The van der Waals surface area contributed by atoms with E-state index >= 15 is 0 Å². The molecule has 0 spiro atoms. The first-order chi connectivity index (χ1) is 30.5. The van der Waals surface area contributed by atoms with Crippen LogP contribution in [0.15, 0.2) is 24.3 Å². The maximum absolute atomic E-state index is 12.9. The Morgan fingerprint density at radius 2 is 0.952 bits per heavy atom. The van der Waals surface area contributed by atoms with Crippen LogP contribution >= 0.6 is 7.82 Å². The highest BCUT2D eigenvalue weighted by molar-refractivity contribution is 7.45. The van der Waals surface area contributed by atoms with E-state index in [4.69, 9.17) is 9.05 Å². The lowest BCUT2D eigenvalue weighted by atomic mass is 10.0. The summed E-state index contributed by atoms with van der Waals surface area (Å²) in [7, 11) is 1.30. The third kappa shape index (κ3) is 48.7. The van der Waals surface area contributed by atoms with E-state index < -0.39 is 20.0 Å². The fourth-order valence-electron chi connectivity index (χ4n) is 8.14. The molecule has 0 rings (SSSR count). The molecule has 0 bridgehead atoms. The highest BCUT2D eigenvalue weighted by atomic mass is 31.2. The standard InChI is InChI=1S/C54H107N2O6P/c1-6-8-10-12-14-16-18-20-21-22-23-24-25-26-27-28-29-30-31-32-33-34-36-37-39-41-43-45-47-53(57)52(51-62-63(59,60)61-50-49-56(3,4)5)55-54(58)48-46-44-42-40-38-35-19-17-15-13-11-9-7-2/h11,13,17,19,52-53,57H,6-10,12,14-16,18,20-51H2,1-5H3,(H-,55,58,59,60)/b13-11-,19-17-. The highest BCUT2D eigenvalue weighted by Crippen LogP contribution is 2.38. The van der Waals surface area contributed by atoms with Crippen molar-refractivity contribution in [1.82, 2.24) is 5.32 Å². The van der Waals surface area contributed by atoms with Crippen LogP contribution in [0, 0.1) is 0 Å². The summed E-state index contributed by atoms with van der Waals surface area (Å²) in [5.74, 6) is -0.177. The number of hydrogen-bond acceptors (Lipinski definition) is 6. The minimum atomic E-state index is -4.57. The van der Waals surface area contributed by atoms with Gasteiger partial charge in [0.1, 0.15) is 13.2 Å². The van der Waals surface area contributed by atoms with Gasteiger partial charge >= 0.3 is 0 Å². The largest absolute Gasteiger partial charge is 0.756 e. The maximum atomic E-state index is 12.9. The summed E-state index contributed by atoms with van der Waals surface area (Å²) in [5.41, 5.74) is 0. The van der Waals surface area contributed by atoms with E-state index in [0.717, 1.165) is 70.6 Å². The van der Waals surface area contributed by atoms with E-state index in [1.54, 1.807) is 0 Å². The quantitative estimate of drug-likeness (QED) is 0.0272. The Hall–Kier alpha value is -1.02. The number of quaternary nitrogens is 1. The molecule has 1 amide bonds. The summed E-state index contributed by atoms with van der Waals surface area (Å²) in [5, 5.41) is 14.0. The first kappa shape index (κ1) is 62.0. The molecule has 0 aromatic heterocycles. The zero-order chi connectivity index (χ0) is 46.4. The molecule has 3 atom stereocenters. The van der Waals surface area contributed by atoms with Gasteiger partial charge in [0.25, 0.3) is 7.82 Å². The Morgan fingerprint density at radius 3 is 1.38 bits per heavy atom. The zero-order valence-electron chi connectivity index (χ0n) is 42.5. The summed E-state index contributed by atoms with van der Waals surface area (Å²) in [6, 6.07) is -0.806. The highest BCUT2D eigenvalue weighted by Gasteiger charge is 2.24. The third-order valence-electron chi connectivity index (χ3n) is 12.4. The number of carbonyl (C=O) groups excluding carboxylic acids is 1. The Labute approximate surface area is 392 Å². The first-order valence-electron chi connectivity index (χ1n) is 27.2. The van der Waals surface area contributed by atoms with E-state index in [-0.39, 0.29) is 19.1 Å². The molecule has 0 fully saturated rings. The van der Waals surface area contributed by atoms with Gasteiger partial charge in [-0.15, -0.1) is 0 Å². The van der Waals surface area contributed by atoms with Crippen molar-refractivity contribution in [2.24, 2.45) is 0 Å². The normalized spacial score (nSPS) is 14.2. The lowest BCUT2D eigenvalue weighted by Crippen LogP contribution is -2.46. The molecule has 0 saturated carbocycles. The average molecular weight is 911 g/mol. The maximum Gasteiger partial charge on any atom is 0.268 e. The molecule has 63 heavy (non-hydrogen) atoms. The Bertz CT molecular complexity index is 1080. The Morgan fingerprint density at radius 1 is 0.556 bits per heavy atom. The van der Waals surface area contributed by atoms with Crippen molar-refractivity contribution in [2.75, 3.05) is 40.9 Å². The number of allylic oxidation sites excluding steroid dienone is 4. The summed E-state index contributed by atoms with van der Waals surface area (Å²) < 4.78 is 23.3. The molecular weight excluding hydrogens is 804 g/mol. The SMILES string of the molecule is CCC/C=C\C/C=C\CCCCCCCC(=O)NC(COP(=O)([O-])OCC[N+](C)(C)C)C(O)CCCCCCCCCCCCCCCCCCCCCCCCCCCCCC. The van der Waals surface area contributed by atoms with E-state index in [1.807, 2.05) is 21.1 Å². The lowest BCUT2D eigenvalue weighted by molar-refractivity contribution is -0.870. The summed E-state index contributed by atoms with van der Waals surface area (Å²) in [4.78, 5) is 25.4. The smallest absolute Gasteiger partial charge is 0.268 e. The molecule has 374 valence electrons. The molecular formula is C54H107N2O6P. The number of hydrogen-bond donors (Lipinski definition) is 2. The second-order valence-electron chi connectivity index (χ2n) is 19.9. The zero-order valence-corrected chi connectivity index (χ0v) is 43.4. The molecule has 2 N–H and O–H groups in total. The Kier molecular flexibility index (Phi) is 45.4. The number of rotatable bonds is 50. The fourth-order valence-corrected chi connectivity index (χ4v) is 8.86. The number of nitrogens with zero attached hydrogens (tertiary/aromatic N) is 1. The monoisotopic (exact) mass is 911 g/mol. The number of unbranched alkanes of at least 4 members (excludes halogenated alkanes) is 33. The molecule has 0 aromatic carbocycles. The van der Waals surface area contributed by atoms with E-state index in [1.165, 1.54) is 167 Å². The number of carbonyl (C=O) groups is 1. The topological polar surface area (TPSA) is 108 Å². The predicted octanol–water partition coefficient (Wildman–Crippen LogP) is 15.4. The number of aliphatic hydroxyl groups excluding tert-OH is 1. The van der Waals surface area contributed by atoms with Crippen LogP contribution in [0.25, 0.3) is 0 Å². The molecule has 8 nitrogen and oxygen atoms in total. The fraction of sp³-hybridized carbons (Fsp3) is 0.907. The van der Waals surface area contributed by atoms with E-state index in [2.05, 4.69) is 43.5 Å². The van der Waals surface area contributed by atoms with Gasteiger partial charge in [0.2, 0.25) is 5.91 Å². The van der Waals surface area contributed by atoms with Crippen LogP contribution in [-0.4, -0.2) is 68.5 Å². The molecule has 0 aliphatic heterocycles. The molecule has 3 unspecified atom stereocenters. The van der Waals surface area contributed by atoms with Gasteiger partial charge in [0.05, 0.1) is 39.9 Å². The van der Waals surface area contributed by atoms with Gasteiger partial charge in [-0.05, 0) is 38.5 Å². The lowest BCUT2D eigenvalue weighted by Gasteiger charge is -2.30. The average Bonchev–Trinajstić information content (AvgIpc) is 3.24. The number of phosphoric ester groups is 1. The molecule has 9 heteroatoms. The number of phosphoric acid groups is 1. The van der Waals surface area contributed by atoms with Gasteiger partial charge in [-0.3, -0.25) is 9.36 Å². The number of likely N-dealkylation sites (N-methyl/N-ethyl adjacent to an activating group) is 1. The van der Waals surface area contributed by atoms with Gasteiger partial charge in [-0.1, -0.05) is 244 Å². The van der Waals surface area contributed by atoms with Gasteiger partial charge < -0.3 is 28.8 Å². The van der Waals surface area contributed by atoms with Crippen molar-refractivity contribution in [2.45, 2.75) is 276 Å². The van der Waals surface area contributed by atoms with Crippen molar-refractivity contribution in [1.29, 1.82) is 0 Å². The van der Waals surface area contributed by atoms with Gasteiger partial charge in [-0.2, -0.15) is 0 Å². The minimum absolute atomic E-state index is 0.0101.